The smallest absolute Gasteiger partial charge is 0.412 e. The molecule has 0 aromatic heterocycles. The number of unbranched alkanes of at least 4 members (excludes halogenated alkanes) is 10. The van der Waals surface area contributed by atoms with Crippen LogP contribution in [0.5, 0.6) is 0 Å². The van der Waals surface area contributed by atoms with E-state index in [4.69, 9.17) is 9.47 Å². The van der Waals surface area contributed by atoms with E-state index in [2.05, 4.69) is 27.7 Å². The van der Waals surface area contributed by atoms with Crippen molar-refractivity contribution in [1.82, 2.24) is 4.90 Å². The molecular weight excluding hydrogens is 402 g/mol. The molecule has 186 valence electrons. The predicted molar refractivity (Wildman–Crippen MR) is 129 cm³/mol. The van der Waals surface area contributed by atoms with Gasteiger partial charge in [-0.25, -0.2) is 4.79 Å². The van der Waals surface area contributed by atoms with Crippen molar-refractivity contribution in [1.29, 1.82) is 0 Å². The van der Waals surface area contributed by atoms with Gasteiger partial charge in [0.15, 0.2) is 0 Å². The molecule has 2 saturated carbocycles. The quantitative estimate of drug-likeness (QED) is 0.147. The molecule has 0 aliphatic heterocycles. The molecule has 1 amide bonds. The first-order valence-electron chi connectivity index (χ1n) is 13.3. The van der Waals surface area contributed by atoms with Crippen molar-refractivity contribution in [2.75, 3.05) is 13.8 Å². The minimum absolute atomic E-state index is 0.0649. The van der Waals surface area contributed by atoms with Crippen LogP contribution in [0.15, 0.2) is 0 Å². The number of carbonyl (C=O) groups excluding carboxylic acids is 2. The lowest BCUT2D eigenvalue weighted by molar-refractivity contribution is -0.153. The fourth-order valence-corrected chi connectivity index (χ4v) is 6.23. The van der Waals surface area contributed by atoms with E-state index in [1.807, 2.05) is 7.05 Å². The molecule has 2 rings (SSSR count). The summed E-state index contributed by atoms with van der Waals surface area (Å²) in [5.74, 6) is 0.905. The molecule has 0 spiro atoms. The standard InChI is InChI=1S/C27H49NO4/c1-6-7-8-9-10-11-12-13-14-15-16-17-24(29)31-21-32-25(30)28(5)27(4)23-19-18-22(20-23)26(27,2)3/h22-23H,6-21H2,1-5H3. The van der Waals surface area contributed by atoms with Crippen LogP contribution in [-0.2, 0) is 14.3 Å². The van der Waals surface area contributed by atoms with Crippen molar-refractivity contribution in [3.05, 3.63) is 0 Å². The summed E-state index contributed by atoms with van der Waals surface area (Å²) in [5, 5.41) is 0. The third kappa shape index (κ3) is 6.63. The van der Waals surface area contributed by atoms with Crippen molar-refractivity contribution in [2.45, 2.75) is 130 Å². The van der Waals surface area contributed by atoms with Gasteiger partial charge in [-0.2, -0.15) is 0 Å². The summed E-state index contributed by atoms with van der Waals surface area (Å²) in [7, 11) is 1.83. The van der Waals surface area contributed by atoms with Crippen molar-refractivity contribution < 1.29 is 19.1 Å². The van der Waals surface area contributed by atoms with Gasteiger partial charge in [0.2, 0.25) is 6.79 Å². The van der Waals surface area contributed by atoms with Gasteiger partial charge < -0.3 is 14.4 Å². The van der Waals surface area contributed by atoms with Gasteiger partial charge in [-0.3, -0.25) is 4.79 Å². The number of ether oxygens (including phenoxy) is 2. The molecule has 0 saturated heterocycles. The number of hydrogen-bond acceptors (Lipinski definition) is 4. The lowest BCUT2D eigenvalue weighted by Gasteiger charge is -2.52. The van der Waals surface area contributed by atoms with E-state index in [0.717, 1.165) is 12.8 Å². The third-order valence-corrected chi connectivity index (χ3v) is 8.91. The summed E-state index contributed by atoms with van der Waals surface area (Å²) >= 11 is 0. The predicted octanol–water partition coefficient (Wildman–Crippen LogP) is 7.47. The fraction of sp³-hybridized carbons (Fsp3) is 0.926. The summed E-state index contributed by atoms with van der Waals surface area (Å²) < 4.78 is 10.5. The molecule has 3 atom stereocenters. The molecule has 5 nitrogen and oxygen atoms in total. The van der Waals surface area contributed by atoms with Crippen LogP contribution in [0.4, 0.5) is 4.79 Å². The van der Waals surface area contributed by atoms with Crippen LogP contribution in [0.25, 0.3) is 0 Å². The summed E-state index contributed by atoms with van der Waals surface area (Å²) in [6.45, 7) is 8.70. The Balaban J connectivity index is 1.52. The molecule has 2 aliphatic carbocycles. The molecule has 32 heavy (non-hydrogen) atoms. The number of hydrogen-bond donors (Lipinski definition) is 0. The van der Waals surface area contributed by atoms with Gasteiger partial charge in [0.05, 0.1) is 5.54 Å². The largest absolute Gasteiger partial charge is 0.428 e. The van der Waals surface area contributed by atoms with Gasteiger partial charge in [-0.1, -0.05) is 85.0 Å². The molecule has 0 aromatic rings. The minimum Gasteiger partial charge on any atom is -0.428 e. The van der Waals surface area contributed by atoms with E-state index in [-0.39, 0.29) is 23.7 Å². The van der Waals surface area contributed by atoms with Crippen LogP contribution in [-0.4, -0.2) is 36.3 Å². The average molecular weight is 452 g/mol. The summed E-state index contributed by atoms with van der Waals surface area (Å²) in [6.07, 6.45) is 17.4. The van der Waals surface area contributed by atoms with Gasteiger partial charge in [-0.05, 0) is 49.9 Å². The van der Waals surface area contributed by atoms with Crippen molar-refractivity contribution in [3.63, 3.8) is 0 Å². The van der Waals surface area contributed by atoms with E-state index >= 15 is 0 Å². The second-order valence-corrected chi connectivity index (χ2v) is 11.0. The fourth-order valence-electron chi connectivity index (χ4n) is 6.23. The van der Waals surface area contributed by atoms with Crippen LogP contribution < -0.4 is 0 Å². The van der Waals surface area contributed by atoms with E-state index < -0.39 is 6.09 Å². The Hall–Kier alpha value is -1.26. The van der Waals surface area contributed by atoms with E-state index in [1.165, 1.54) is 77.0 Å². The maximum absolute atomic E-state index is 12.7. The van der Waals surface area contributed by atoms with Crippen LogP contribution in [0.2, 0.25) is 0 Å². The molecule has 0 heterocycles. The first-order valence-corrected chi connectivity index (χ1v) is 13.3. The number of nitrogens with zero attached hydrogens (tertiary/aromatic N) is 1. The zero-order chi connectivity index (χ0) is 23.6. The Morgan fingerprint density at radius 3 is 1.88 bits per heavy atom. The number of fused-ring (bicyclic) bond motifs is 2. The molecule has 2 bridgehead atoms. The van der Waals surface area contributed by atoms with Crippen molar-refractivity contribution in [2.24, 2.45) is 17.3 Å². The Kier molecular flexibility index (Phi) is 10.8. The van der Waals surface area contributed by atoms with Crippen molar-refractivity contribution >= 4 is 12.1 Å². The Morgan fingerprint density at radius 1 is 0.812 bits per heavy atom. The second-order valence-electron chi connectivity index (χ2n) is 11.0. The zero-order valence-electron chi connectivity index (χ0n) is 21.5. The summed E-state index contributed by atoms with van der Waals surface area (Å²) in [4.78, 5) is 26.4. The van der Waals surface area contributed by atoms with E-state index in [9.17, 15) is 9.59 Å². The monoisotopic (exact) mass is 451 g/mol. The highest BCUT2D eigenvalue weighted by molar-refractivity contribution is 5.70. The molecule has 2 fully saturated rings. The first-order chi connectivity index (χ1) is 15.2. The van der Waals surface area contributed by atoms with Gasteiger partial charge in [-0.15, -0.1) is 0 Å². The minimum atomic E-state index is -0.393. The van der Waals surface area contributed by atoms with E-state index in [0.29, 0.717) is 18.3 Å². The Bertz CT molecular complexity index is 590. The highest BCUT2D eigenvalue weighted by atomic mass is 16.7. The molecule has 5 heteroatoms. The molecule has 0 radical (unpaired) electrons. The maximum atomic E-state index is 12.7. The van der Waals surface area contributed by atoms with Gasteiger partial charge in [0.1, 0.15) is 0 Å². The van der Waals surface area contributed by atoms with Crippen LogP contribution >= 0.6 is 0 Å². The highest BCUT2D eigenvalue weighted by Crippen LogP contribution is 2.63. The molecule has 0 N–H and O–H groups in total. The SMILES string of the molecule is CCCCCCCCCCCCCC(=O)OCOC(=O)N(C)C1(C)C2CCC(C2)C1(C)C. The van der Waals surface area contributed by atoms with Crippen LogP contribution in [0.3, 0.4) is 0 Å². The Morgan fingerprint density at radius 2 is 1.34 bits per heavy atom. The molecule has 3 unspecified atom stereocenters. The topological polar surface area (TPSA) is 55.8 Å². The summed E-state index contributed by atoms with van der Waals surface area (Å²) in [5.41, 5.74) is -0.151. The average Bonchev–Trinajstić information content (AvgIpc) is 3.33. The Labute approximate surface area is 197 Å². The van der Waals surface area contributed by atoms with E-state index in [1.54, 1.807) is 4.90 Å². The normalized spacial score (nSPS) is 25.7. The lowest BCUT2D eigenvalue weighted by atomic mass is 9.63. The molecule has 0 aromatic carbocycles. The second kappa shape index (κ2) is 12.8. The number of esters is 1. The summed E-state index contributed by atoms with van der Waals surface area (Å²) in [6, 6.07) is 0. The number of rotatable bonds is 15. The maximum Gasteiger partial charge on any atom is 0.412 e. The molecular formula is C27H49NO4. The highest BCUT2D eigenvalue weighted by Gasteiger charge is 2.63. The zero-order valence-corrected chi connectivity index (χ0v) is 21.5. The van der Waals surface area contributed by atoms with Gasteiger partial charge in [0.25, 0.3) is 0 Å². The van der Waals surface area contributed by atoms with Crippen LogP contribution in [0.1, 0.15) is 124 Å². The van der Waals surface area contributed by atoms with Gasteiger partial charge >= 0.3 is 12.1 Å². The van der Waals surface area contributed by atoms with Gasteiger partial charge in [0, 0.05) is 13.5 Å². The lowest BCUT2D eigenvalue weighted by Crippen LogP contribution is -2.59. The first kappa shape index (κ1) is 27.0. The number of carbonyl (C=O) groups is 2. The molecule has 2 aliphatic rings. The number of amides is 1. The third-order valence-electron chi connectivity index (χ3n) is 8.91. The van der Waals surface area contributed by atoms with Crippen LogP contribution in [0, 0.1) is 17.3 Å². The van der Waals surface area contributed by atoms with Crippen molar-refractivity contribution in [3.8, 4) is 0 Å².